The van der Waals surface area contributed by atoms with Gasteiger partial charge in [-0.25, -0.2) is 0 Å². The van der Waals surface area contributed by atoms with Crippen molar-refractivity contribution in [1.29, 1.82) is 0 Å². The molecule has 28 heavy (non-hydrogen) atoms. The molecule has 1 aliphatic heterocycles. The van der Waals surface area contributed by atoms with Gasteiger partial charge in [-0.1, -0.05) is 35.9 Å². The van der Waals surface area contributed by atoms with Gasteiger partial charge in [0, 0.05) is 16.9 Å². The first-order valence-corrected chi connectivity index (χ1v) is 9.68. The maximum atomic E-state index is 13.2. The van der Waals surface area contributed by atoms with E-state index in [1.165, 1.54) is 0 Å². The van der Waals surface area contributed by atoms with Crippen LogP contribution in [0.1, 0.15) is 37.9 Å². The second kappa shape index (κ2) is 8.44. The van der Waals surface area contributed by atoms with Crippen LogP contribution in [0.2, 0.25) is 0 Å². The van der Waals surface area contributed by atoms with Crippen LogP contribution in [0.25, 0.3) is 0 Å². The fourth-order valence-electron chi connectivity index (χ4n) is 3.14. The number of amides is 1. The summed E-state index contributed by atoms with van der Waals surface area (Å²) in [6.45, 7) is 7.82. The number of para-hydroxylation sites is 1. The van der Waals surface area contributed by atoms with E-state index in [0.29, 0.717) is 10.7 Å². The third kappa shape index (κ3) is 4.51. The second-order valence-corrected chi connectivity index (χ2v) is 7.50. The highest BCUT2D eigenvalue weighted by Gasteiger charge is 2.31. The molecule has 0 saturated heterocycles. The number of hydrogen-bond donors (Lipinski definition) is 3. The van der Waals surface area contributed by atoms with E-state index >= 15 is 0 Å². The average Bonchev–Trinajstić information content (AvgIpc) is 2.63. The zero-order valence-electron chi connectivity index (χ0n) is 16.5. The van der Waals surface area contributed by atoms with Crippen molar-refractivity contribution in [2.75, 3.05) is 5.32 Å². The quantitative estimate of drug-likeness (QED) is 0.662. The molecule has 6 heteroatoms. The Labute approximate surface area is 171 Å². The molecule has 3 N–H and O–H groups in total. The normalized spacial score (nSPS) is 16.5. The Bertz CT molecular complexity index is 920. The molecule has 0 bridgehead atoms. The molecule has 0 aliphatic carbocycles. The third-order valence-corrected chi connectivity index (χ3v) is 4.64. The lowest BCUT2D eigenvalue weighted by molar-refractivity contribution is -0.113. The van der Waals surface area contributed by atoms with Gasteiger partial charge in [0.2, 0.25) is 0 Å². The summed E-state index contributed by atoms with van der Waals surface area (Å²) in [5.74, 6) is 0.543. The Balaban J connectivity index is 1.97. The predicted octanol–water partition coefficient (Wildman–Crippen LogP) is 4.21. The smallest absolute Gasteiger partial charge is 0.255 e. The zero-order chi connectivity index (χ0) is 20.3. The van der Waals surface area contributed by atoms with Gasteiger partial charge >= 0.3 is 0 Å². The largest absolute Gasteiger partial charge is 0.491 e. The van der Waals surface area contributed by atoms with Crippen LogP contribution in [-0.2, 0) is 4.79 Å². The number of thiocarbonyl (C=S) groups is 1. The van der Waals surface area contributed by atoms with E-state index in [1.54, 1.807) is 0 Å². The fraction of sp³-hybridized carbons (Fsp3) is 0.273. The van der Waals surface area contributed by atoms with E-state index in [-0.39, 0.29) is 12.0 Å². The van der Waals surface area contributed by atoms with Crippen molar-refractivity contribution in [3.8, 4) is 5.75 Å². The van der Waals surface area contributed by atoms with Crippen molar-refractivity contribution in [3.63, 3.8) is 0 Å². The maximum Gasteiger partial charge on any atom is 0.255 e. The van der Waals surface area contributed by atoms with E-state index in [1.807, 2.05) is 76.2 Å². The molecule has 1 heterocycles. The number of benzene rings is 2. The summed E-state index contributed by atoms with van der Waals surface area (Å²) in [6, 6.07) is 15.0. The van der Waals surface area contributed by atoms with Crippen molar-refractivity contribution >= 4 is 28.9 Å². The molecule has 1 atom stereocenters. The van der Waals surface area contributed by atoms with Gasteiger partial charge in [0.05, 0.1) is 17.7 Å². The van der Waals surface area contributed by atoms with Crippen molar-refractivity contribution in [2.24, 2.45) is 0 Å². The Kier molecular flexibility index (Phi) is 5.99. The first-order valence-electron chi connectivity index (χ1n) is 9.27. The number of anilines is 1. The molecule has 1 aliphatic rings. The molecular formula is C22H25N3O2S. The molecule has 1 unspecified atom stereocenters. The number of hydrogen-bond acceptors (Lipinski definition) is 3. The van der Waals surface area contributed by atoms with E-state index in [4.69, 9.17) is 17.0 Å². The van der Waals surface area contributed by atoms with E-state index < -0.39 is 6.04 Å². The van der Waals surface area contributed by atoms with Gasteiger partial charge < -0.3 is 20.7 Å². The van der Waals surface area contributed by atoms with Gasteiger partial charge in [-0.05, 0) is 58.1 Å². The van der Waals surface area contributed by atoms with Gasteiger partial charge in [-0.2, -0.15) is 0 Å². The van der Waals surface area contributed by atoms with Gasteiger partial charge in [-0.3, -0.25) is 4.79 Å². The minimum absolute atomic E-state index is 0.0183. The summed E-state index contributed by atoms with van der Waals surface area (Å²) in [5.41, 5.74) is 4.05. The Morgan fingerprint density at radius 3 is 2.46 bits per heavy atom. The molecule has 2 aromatic rings. The number of ether oxygens (including phenoxy) is 1. The van der Waals surface area contributed by atoms with Crippen LogP contribution in [0.15, 0.2) is 59.8 Å². The summed E-state index contributed by atoms with van der Waals surface area (Å²) in [6.07, 6.45) is 0.0183. The number of allylic oxidation sites excluding steroid dienone is 1. The topological polar surface area (TPSA) is 62.4 Å². The van der Waals surface area contributed by atoms with Crippen molar-refractivity contribution < 1.29 is 9.53 Å². The van der Waals surface area contributed by atoms with Crippen molar-refractivity contribution in [3.05, 3.63) is 70.9 Å². The predicted molar refractivity (Wildman–Crippen MR) is 116 cm³/mol. The lowest BCUT2D eigenvalue weighted by Crippen LogP contribution is -2.45. The number of nitrogens with one attached hydrogen (secondary N) is 3. The van der Waals surface area contributed by atoms with Gasteiger partial charge in [0.1, 0.15) is 5.75 Å². The van der Waals surface area contributed by atoms with Crippen molar-refractivity contribution in [1.82, 2.24) is 10.6 Å². The lowest BCUT2D eigenvalue weighted by Gasteiger charge is -2.31. The van der Waals surface area contributed by atoms with Crippen LogP contribution in [0, 0.1) is 6.92 Å². The van der Waals surface area contributed by atoms with Crippen LogP contribution < -0.4 is 20.7 Å². The number of carbonyl (C=O) groups is 1. The SMILES string of the molecule is CC1=C(C(=O)Nc2ccc(C)cc2)C(c2ccccc2OC(C)C)NC(=S)N1. The molecule has 5 nitrogen and oxygen atoms in total. The van der Waals surface area contributed by atoms with Crippen LogP contribution in [-0.4, -0.2) is 17.1 Å². The molecule has 3 rings (SSSR count). The number of carbonyl (C=O) groups excluding carboxylic acids is 1. The monoisotopic (exact) mass is 395 g/mol. The molecule has 0 radical (unpaired) electrons. The summed E-state index contributed by atoms with van der Waals surface area (Å²) < 4.78 is 5.97. The van der Waals surface area contributed by atoms with Crippen LogP contribution >= 0.6 is 12.2 Å². The molecule has 1 amide bonds. The molecule has 0 fully saturated rings. The van der Waals surface area contributed by atoms with Crippen molar-refractivity contribution in [2.45, 2.75) is 39.8 Å². The van der Waals surface area contributed by atoms with Gasteiger partial charge in [0.15, 0.2) is 5.11 Å². The summed E-state index contributed by atoms with van der Waals surface area (Å²) in [7, 11) is 0. The fourth-order valence-corrected chi connectivity index (χ4v) is 3.41. The van der Waals surface area contributed by atoms with E-state index in [2.05, 4.69) is 16.0 Å². The van der Waals surface area contributed by atoms with Gasteiger partial charge in [0.25, 0.3) is 5.91 Å². The lowest BCUT2D eigenvalue weighted by atomic mass is 9.94. The Morgan fingerprint density at radius 2 is 1.79 bits per heavy atom. The standard InChI is InChI=1S/C22H25N3O2S/c1-13(2)27-18-8-6-5-7-17(18)20-19(15(4)23-22(28)25-20)21(26)24-16-11-9-14(3)10-12-16/h5-13,20H,1-4H3,(H,24,26)(H2,23,25,28). The number of aryl methyl sites for hydroxylation is 1. The highest BCUT2D eigenvalue weighted by Crippen LogP contribution is 2.34. The van der Waals surface area contributed by atoms with Crippen LogP contribution in [0.4, 0.5) is 5.69 Å². The molecular weight excluding hydrogens is 370 g/mol. The highest BCUT2D eigenvalue weighted by molar-refractivity contribution is 7.80. The maximum absolute atomic E-state index is 13.2. The molecule has 0 aromatic heterocycles. The van der Waals surface area contributed by atoms with E-state index in [0.717, 1.165) is 28.3 Å². The van der Waals surface area contributed by atoms with Crippen LogP contribution in [0.5, 0.6) is 5.75 Å². The summed E-state index contributed by atoms with van der Waals surface area (Å²) in [4.78, 5) is 13.2. The summed E-state index contributed by atoms with van der Waals surface area (Å²) in [5, 5.41) is 9.75. The molecule has 2 aromatic carbocycles. The third-order valence-electron chi connectivity index (χ3n) is 4.42. The van der Waals surface area contributed by atoms with Crippen LogP contribution in [0.3, 0.4) is 0 Å². The average molecular weight is 396 g/mol. The summed E-state index contributed by atoms with van der Waals surface area (Å²) >= 11 is 5.35. The molecule has 0 spiro atoms. The molecule has 0 saturated carbocycles. The zero-order valence-corrected chi connectivity index (χ0v) is 17.3. The Morgan fingerprint density at radius 1 is 1.11 bits per heavy atom. The minimum Gasteiger partial charge on any atom is -0.491 e. The number of rotatable bonds is 5. The first-order chi connectivity index (χ1) is 13.3. The minimum atomic E-state index is -0.408. The molecule has 146 valence electrons. The Hall–Kier alpha value is -2.86. The highest BCUT2D eigenvalue weighted by atomic mass is 32.1. The van der Waals surface area contributed by atoms with E-state index in [9.17, 15) is 4.79 Å². The van der Waals surface area contributed by atoms with Gasteiger partial charge in [-0.15, -0.1) is 0 Å². The second-order valence-electron chi connectivity index (χ2n) is 7.09. The first kappa shape index (κ1) is 19.9.